The molecule has 2 aromatic heterocycles. The van der Waals surface area contributed by atoms with Gasteiger partial charge in [-0.25, -0.2) is 0 Å². The molecule has 0 aliphatic heterocycles. The van der Waals surface area contributed by atoms with Gasteiger partial charge in [0.1, 0.15) is 0 Å². The van der Waals surface area contributed by atoms with E-state index in [0.29, 0.717) is 10.6 Å². The Balaban J connectivity index is 1.91. The summed E-state index contributed by atoms with van der Waals surface area (Å²) in [6.07, 6.45) is 3.60. The van der Waals surface area contributed by atoms with Crippen LogP contribution in [-0.2, 0) is 11.3 Å². The summed E-state index contributed by atoms with van der Waals surface area (Å²) in [5.41, 5.74) is 0.354. The lowest BCUT2D eigenvalue weighted by molar-refractivity contribution is -0.133. The maximum absolute atomic E-state index is 10.8. The Labute approximate surface area is 131 Å². The summed E-state index contributed by atoms with van der Waals surface area (Å²) in [6.45, 7) is 3.10. The van der Waals surface area contributed by atoms with Gasteiger partial charge in [-0.2, -0.15) is 0 Å². The molecule has 2 aromatic rings. The molecular weight excluding hydrogens is 306 g/mol. The Morgan fingerprint density at radius 3 is 2.90 bits per heavy atom. The first-order chi connectivity index (χ1) is 10.1. The van der Waals surface area contributed by atoms with Crippen molar-refractivity contribution >= 4 is 29.1 Å². The van der Waals surface area contributed by atoms with Gasteiger partial charge in [-0.05, 0) is 36.1 Å². The molecule has 112 valence electrons. The van der Waals surface area contributed by atoms with Crippen LogP contribution in [0, 0.1) is 5.41 Å². The van der Waals surface area contributed by atoms with Crippen LogP contribution in [0.25, 0.3) is 10.7 Å². The number of carboxylic acids is 1. The molecule has 7 heteroatoms. The van der Waals surface area contributed by atoms with Gasteiger partial charge in [0.15, 0.2) is 11.0 Å². The standard InChI is InChI=1S/C14H17N3O2S2/c1-2-14(5-6-14)9-17-12(10-4-3-7-20-10)15-16-13(17)21-8-11(18)19/h3-4,7H,2,5-6,8-9H2,1H3,(H,18,19). The van der Waals surface area contributed by atoms with Gasteiger partial charge in [0, 0.05) is 6.54 Å². The Morgan fingerprint density at radius 1 is 1.52 bits per heavy atom. The highest BCUT2D eigenvalue weighted by molar-refractivity contribution is 7.99. The van der Waals surface area contributed by atoms with Crippen LogP contribution in [0.4, 0.5) is 0 Å². The quantitative estimate of drug-likeness (QED) is 0.791. The number of nitrogens with zero attached hydrogens (tertiary/aromatic N) is 3. The number of hydrogen-bond acceptors (Lipinski definition) is 5. The normalized spacial score (nSPS) is 16.0. The maximum Gasteiger partial charge on any atom is 0.313 e. The van der Waals surface area contributed by atoms with Crippen molar-refractivity contribution < 1.29 is 9.90 Å². The fraction of sp³-hybridized carbons (Fsp3) is 0.500. The number of rotatable bonds is 7. The monoisotopic (exact) mass is 323 g/mol. The molecule has 1 fully saturated rings. The van der Waals surface area contributed by atoms with Crippen LogP contribution in [0.2, 0.25) is 0 Å². The predicted molar refractivity (Wildman–Crippen MR) is 83.7 cm³/mol. The van der Waals surface area contributed by atoms with E-state index in [1.807, 2.05) is 17.5 Å². The van der Waals surface area contributed by atoms with E-state index in [4.69, 9.17) is 5.11 Å². The van der Waals surface area contributed by atoms with E-state index in [1.54, 1.807) is 11.3 Å². The van der Waals surface area contributed by atoms with Gasteiger partial charge in [0.05, 0.1) is 10.6 Å². The molecular formula is C14H17N3O2S2. The fourth-order valence-electron chi connectivity index (χ4n) is 2.39. The second-order valence-corrected chi connectivity index (χ2v) is 7.30. The van der Waals surface area contributed by atoms with E-state index in [1.165, 1.54) is 24.6 Å². The molecule has 0 atom stereocenters. The minimum atomic E-state index is -0.830. The highest BCUT2D eigenvalue weighted by Gasteiger charge is 2.42. The molecule has 0 spiro atoms. The Bertz CT molecular complexity index is 633. The van der Waals surface area contributed by atoms with E-state index in [-0.39, 0.29) is 5.75 Å². The van der Waals surface area contributed by atoms with E-state index in [2.05, 4.69) is 21.7 Å². The summed E-state index contributed by atoms with van der Waals surface area (Å²) >= 11 is 2.88. The van der Waals surface area contributed by atoms with Gasteiger partial charge >= 0.3 is 5.97 Å². The zero-order chi connectivity index (χ0) is 14.9. The lowest BCUT2D eigenvalue weighted by atomic mass is 10.0. The summed E-state index contributed by atoms with van der Waals surface area (Å²) in [5.74, 6) is 0.0447. The summed E-state index contributed by atoms with van der Waals surface area (Å²) in [5, 5.41) is 20.1. The molecule has 5 nitrogen and oxygen atoms in total. The van der Waals surface area contributed by atoms with Crippen molar-refractivity contribution in [2.24, 2.45) is 5.41 Å². The Hall–Kier alpha value is -1.34. The second-order valence-electron chi connectivity index (χ2n) is 5.41. The van der Waals surface area contributed by atoms with Crippen molar-refractivity contribution in [3.05, 3.63) is 17.5 Å². The summed E-state index contributed by atoms with van der Waals surface area (Å²) in [6, 6.07) is 4.03. The van der Waals surface area contributed by atoms with E-state index < -0.39 is 5.97 Å². The third-order valence-corrected chi connectivity index (χ3v) is 5.80. The van der Waals surface area contributed by atoms with Gasteiger partial charge in [-0.3, -0.25) is 4.79 Å². The van der Waals surface area contributed by atoms with Crippen LogP contribution in [0.15, 0.2) is 22.7 Å². The summed E-state index contributed by atoms with van der Waals surface area (Å²) in [4.78, 5) is 11.9. The molecule has 1 saturated carbocycles. The van der Waals surface area contributed by atoms with Crippen molar-refractivity contribution in [3.8, 4) is 10.7 Å². The predicted octanol–water partition coefficient (Wildman–Crippen LogP) is 3.37. The first kappa shape index (κ1) is 14.6. The molecule has 0 bridgehead atoms. The van der Waals surface area contributed by atoms with Gasteiger partial charge < -0.3 is 9.67 Å². The van der Waals surface area contributed by atoms with Crippen LogP contribution < -0.4 is 0 Å². The molecule has 1 aliphatic carbocycles. The Morgan fingerprint density at radius 2 is 2.33 bits per heavy atom. The highest BCUT2D eigenvalue weighted by Crippen LogP contribution is 2.51. The number of carboxylic acid groups (broad SMARTS) is 1. The second kappa shape index (κ2) is 5.81. The minimum absolute atomic E-state index is 0.0156. The van der Waals surface area contributed by atoms with Crippen molar-refractivity contribution in [3.63, 3.8) is 0 Å². The van der Waals surface area contributed by atoms with Gasteiger partial charge in [0.25, 0.3) is 0 Å². The van der Waals surface area contributed by atoms with Crippen LogP contribution in [0.1, 0.15) is 26.2 Å². The third-order valence-electron chi connectivity index (χ3n) is 3.98. The number of thiophene rings is 1. The average Bonchev–Trinajstić information content (AvgIpc) is 2.87. The van der Waals surface area contributed by atoms with Crippen LogP contribution in [0.3, 0.4) is 0 Å². The smallest absolute Gasteiger partial charge is 0.313 e. The van der Waals surface area contributed by atoms with Gasteiger partial charge in [-0.15, -0.1) is 21.5 Å². The molecule has 0 radical (unpaired) electrons. The first-order valence-corrected chi connectivity index (χ1v) is 8.82. The van der Waals surface area contributed by atoms with Crippen LogP contribution in [-0.4, -0.2) is 31.6 Å². The number of aliphatic carboxylic acids is 1. The van der Waals surface area contributed by atoms with E-state index in [9.17, 15) is 4.79 Å². The maximum atomic E-state index is 10.8. The molecule has 1 N–H and O–H groups in total. The SMILES string of the molecule is CCC1(Cn2c(SCC(=O)O)nnc2-c2cccs2)CC1. The van der Waals surface area contributed by atoms with Crippen molar-refractivity contribution in [1.29, 1.82) is 0 Å². The lowest BCUT2D eigenvalue weighted by Crippen LogP contribution is -2.13. The first-order valence-electron chi connectivity index (χ1n) is 6.95. The minimum Gasteiger partial charge on any atom is -0.481 e. The fourth-order valence-corrected chi connectivity index (χ4v) is 3.76. The number of hydrogen-bond donors (Lipinski definition) is 1. The Kier molecular flexibility index (Phi) is 4.03. The zero-order valence-electron chi connectivity index (χ0n) is 11.8. The average molecular weight is 323 g/mol. The molecule has 3 rings (SSSR count). The molecule has 0 aromatic carbocycles. The highest BCUT2D eigenvalue weighted by atomic mass is 32.2. The number of carbonyl (C=O) groups is 1. The lowest BCUT2D eigenvalue weighted by Gasteiger charge is -2.16. The van der Waals surface area contributed by atoms with Crippen LogP contribution >= 0.6 is 23.1 Å². The van der Waals surface area contributed by atoms with Crippen LogP contribution in [0.5, 0.6) is 0 Å². The van der Waals surface area contributed by atoms with E-state index >= 15 is 0 Å². The molecule has 21 heavy (non-hydrogen) atoms. The molecule has 0 saturated heterocycles. The summed E-state index contributed by atoms with van der Waals surface area (Å²) < 4.78 is 2.11. The van der Waals surface area contributed by atoms with Crippen molar-refractivity contribution in [1.82, 2.24) is 14.8 Å². The largest absolute Gasteiger partial charge is 0.481 e. The molecule has 0 unspecified atom stereocenters. The topological polar surface area (TPSA) is 68.0 Å². The molecule has 1 aliphatic rings. The molecule has 2 heterocycles. The van der Waals surface area contributed by atoms with Gasteiger partial charge in [0.2, 0.25) is 0 Å². The number of thioether (sulfide) groups is 1. The van der Waals surface area contributed by atoms with Crippen molar-refractivity contribution in [2.45, 2.75) is 37.9 Å². The zero-order valence-corrected chi connectivity index (χ0v) is 13.4. The number of aromatic nitrogens is 3. The summed E-state index contributed by atoms with van der Waals surface area (Å²) in [7, 11) is 0. The van der Waals surface area contributed by atoms with Gasteiger partial charge in [-0.1, -0.05) is 24.8 Å². The van der Waals surface area contributed by atoms with Crippen molar-refractivity contribution in [2.75, 3.05) is 5.75 Å². The van der Waals surface area contributed by atoms with E-state index in [0.717, 1.165) is 23.7 Å². The molecule has 0 amide bonds. The third kappa shape index (κ3) is 3.13.